The molecule has 18 heavy (non-hydrogen) atoms. The fraction of sp³-hybridized carbons (Fsp3) is 0.600. The molecule has 100 valence electrons. The molecule has 0 aliphatic heterocycles. The Balaban J connectivity index is 2.25. The van der Waals surface area contributed by atoms with Crippen molar-refractivity contribution in [2.45, 2.75) is 32.4 Å². The molecule has 0 bridgehead atoms. The van der Waals surface area contributed by atoms with Crippen molar-refractivity contribution in [2.75, 3.05) is 6.26 Å². The number of nitrogens with zero attached hydrogens (tertiary/aromatic N) is 2. The van der Waals surface area contributed by atoms with Gasteiger partial charge < -0.3 is 9.50 Å². The quantitative estimate of drug-likeness (QED) is 0.770. The van der Waals surface area contributed by atoms with Crippen molar-refractivity contribution < 1.29 is 17.4 Å². The van der Waals surface area contributed by atoms with E-state index in [4.69, 9.17) is 4.18 Å². The average Bonchev–Trinajstić information content (AvgIpc) is 2.96. The molecule has 2 rings (SSSR count). The fourth-order valence-electron chi connectivity index (χ4n) is 1.42. The van der Waals surface area contributed by atoms with Crippen LogP contribution >= 0.6 is 0 Å². The zero-order chi connectivity index (χ0) is 13.3. The van der Waals surface area contributed by atoms with Gasteiger partial charge in [-0.15, -0.1) is 5.10 Å². The highest BCUT2D eigenvalue weighted by Crippen LogP contribution is 2.22. The molecule has 0 spiro atoms. The summed E-state index contributed by atoms with van der Waals surface area (Å²) in [7, 11) is -3.70. The standard InChI is InChI=1S/C10H15N3O4S/c1-3-13-6-8(9(14)11-7-4-5-7)10(12-13)17-18(2,15)16/h6-7H,3-5H2,1-2H3,(H,11,14). The molecule has 1 N–H and O–H groups in total. The summed E-state index contributed by atoms with van der Waals surface area (Å²) in [5, 5.41) is 6.68. The minimum Gasteiger partial charge on any atom is -0.359 e. The van der Waals surface area contributed by atoms with Gasteiger partial charge in [0.15, 0.2) is 0 Å². The third-order valence-corrected chi connectivity index (χ3v) is 2.90. The molecular weight excluding hydrogens is 258 g/mol. The lowest BCUT2D eigenvalue weighted by atomic mass is 10.3. The van der Waals surface area contributed by atoms with Crippen molar-refractivity contribution in [3.05, 3.63) is 11.8 Å². The average molecular weight is 273 g/mol. The number of rotatable bonds is 5. The number of hydrogen-bond acceptors (Lipinski definition) is 5. The second kappa shape index (κ2) is 4.60. The maximum absolute atomic E-state index is 11.9. The number of carbonyl (C=O) groups is 1. The number of carbonyl (C=O) groups excluding carboxylic acids is 1. The first-order valence-corrected chi connectivity index (χ1v) is 7.48. The highest BCUT2D eigenvalue weighted by Gasteiger charge is 2.27. The first-order chi connectivity index (χ1) is 8.39. The minimum atomic E-state index is -3.70. The first kappa shape index (κ1) is 12.9. The van der Waals surface area contributed by atoms with Crippen LogP contribution in [0.25, 0.3) is 0 Å². The van der Waals surface area contributed by atoms with Crippen LogP contribution in [-0.2, 0) is 16.7 Å². The summed E-state index contributed by atoms with van der Waals surface area (Å²) < 4.78 is 28.4. The van der Waals surface area contributed by atoms with Gasteiger partial charge in [0.25, 0.3) is 11.8 Å². The number of amides is 1. The SMILES string of the molecule is CCn1cc(C(=O)NC2CC2)c(OS(C)(=O)=O)n1. The molecule has 7 nitrogen and oxygen atoms in total. The van der Waals surface area contributed by atoms with Gasteiger partial charge in [-0.05, 0) is 19.8 Å². The molecule has 0 radical (unpaired) electrons. The lowest BCUT2D eigenvalue weighted by molar-refractivity contribution is 0.0949. The molecule has 1 saturated carbocycles. The Bertz CT molecular complexity index is 560. The summed E-state index contributed by atoms with van der Waals surface area (Å²) in [5.41, 5.74) is 0.147. The summed E-state index contributed by atoms with van der Waals surface area (Å²) in [5.74, 6) is -0.520. The van der Waals surface area contributed by atoms with Crippen LogP contribution in [0.2, 0.25) is 0 Å². The number of aromatic nitrogens is 2. The Hall–Kier alpha value is -1.57. The van der Waals surface area contributed by atoms with Crippen molar-refractivity contribution in [2.24, 2.45) is 0 Å². The van der Waals surface area contributed by atoms with Gasteiger partial charge in [0.1, 0.15) is 5.56 Å². The van der Waals surface area contributed by atoms with Crippen LogP contribution in [0.15, 0.2) is 6.20 Å². The molecule has 0 aromatic carbocycles. The van der Waals surface area contributed by atoms with Gasteiger partial charge in [-0.1, -0.05) is 0 Å². The van der Waals surface area contributed by atoms with Crippen molar-refractivity contribution in [1.82, 2.24) is 15.1 Å². The lowest BCUT2D eigenvalue weighted by Crippen LogP contribution is -2.25. The Labute approximate surface area is 105 Å². The summed E-state index contributed by atoms with van der Waals surface area (Å²) in [6, 6.07) is 0.188. The molecule has 1 aliphatic carbocycles. The summed E-state index contributed by atoms with van der Waals surface area (Å²) in [6.07, 6.45) is 4.31. The molecule has 1 aromatic rings. The lowest BCUT2D eigenvalue weighted by Gasteiger charge is -2.03. The minimum absolute atomic E-state index is 0.147. The van der Waals surface area contributed by atoms with E-state index in [1.807, 2.05) is 6.92 Å². The van der Waals surface area contributed by atoms with E-state index in [0.29, 0.717) is 6.54 Å². The second-order valence-electron chi connectivity index (χ2n) is 4.24. The van der Waals surface area contributed by atoms with Crippen LogP contribution < -0.4 is 9.50 Å². The van der Waals surface area contributed by atoms with Gasteiger partial charge in [0, 0.05) is 18.8 Å². The third-order valence-electron chi connectivity index (χ3n) is 2.44. The van der Waals surface area contributed by atoms with Crippen LogP contribution in [0.3, 0.4) is 0 Å². The van der Waals surface area contributed by atoms with E-state index in [-0.39, 0.29) is 23.4 Å². The van der Waals surface area contributed by atoms with Gasteiger partial charge in [0.2, 0.25) is 0 Å². The van der Waals surface area contributed by atoms with Gasteiger partial charge in [-0.25, -0.2) is 0 Å². The highest BCUT2D eigenvalue weighted by atomic mass is 32.2. The van der Waals surface area contributed by atoms with Gasteiger partial charge in [-0.3, -0.25) is 9.48 Å². The zero-order valence-electron chi connectivity index (χ0n) is 10.2. The molecule has 0 atom stereocenters. The fourth-order valence-corrected chi connectivity index (χ4v) is 1.83. The highest BCUT2D eigenvalue weighted by molar-refractivity contribution is 7.86. The van der Waals surface area contributed by atoms with E-state index in [1.165, 1.54) is 10.9 Å². The topological polar surface area (TPSA) is 90.3 Å². The molecular formula is C10H15N3O4S. The predicted molar refractivity (Wildman–Crippen MR) is 63.9 cm³/mol. The van der Waals surface area contributed by atoms with Crippen molar-refractivity contribution >= 4 is 16.0 Å². The predicted octanol–water partition coefficient (Wildman–Crippen LogP) is 0.134. The van der Waals surface area contributed by atoms with Gasteiger partial charge in [0.05, 0.1) is 6.26 Å². The number of nitrogens with one attached hydrogen (secondary N) is 1. The third kappa shape index (κ3) is 3.22. The Morgan fingerprint density at radius 1 is 1.61 bits per heavy atom. The summed E-state index contributed by atoms with van der Waals surface area (Å²) in [6.45, 7) is 2.36. The molecule has 8 heteroatoms. The Kier molecular flexibility index (Phi) is 3.29. The van der Waals surface area contributed by atoms with E-state index in [1.54, 1.807) is 0 Å². The molecule has 1 aromatic heterocycles. The van der Waals surface area contributed by atoms with Crippen LogP contribution in [0.1, 0.15) is 30.1 Å². The molecule has 0 saturated heterocycles. The largest absolute Gasteiger partial charge is 0.359 e. The van der Waals surface area contributed by atoms with E-state index in [2.05, 4.69) is 10.4 Å². The second-order valence-corrected chi connectivity index (χ2v) is 5.81. The monoisotopic (exact) mass is 273 g/mol. The molecule has 1 fully saturated rings. The number of hydrogen-bond donors (Lipinski definition) is 1. The summed E-state index contributed by atoms with van der Waals surface area (Å²) in [4.78, 5) is 11.9. The first-order valence-electron chi connectivity index (χ1n) is 5.67. The molecule has 0 unspecified atom stereocenters. The van der Waals surface area contributed by atoms with E-state index < -0.39 is 10.1 Å². The van der Waals surface area contributed by atoms with Gasteiger partial charge in [-0.2, -0.15) is 8.42 Å². The van der Waals surface area contributed by atoms with Gasteiger partial charge >= 0.3 is 10.1 Å². The van der Waals surface area contributed by atoms with Crippen LogP contribution in [0, 0.1) is 0 Å². The zero-order valence-corrected chi connectivity index (χ0v) is 11.0. The van der Waals surface area contributed by atoms with Crippen molar-refractivity contribution in [3.8, 4) is 5.88 Å². The maximum Gasteiger partial charge on any atom is 0.307 e. The van der Waals surface area contributed by atoms with Crippen LogP contribution in [0.4, 0.5) is 0 Å². The molecule has 1 aliphatic rings. The van der Waals surface area contributed by atoms with E-state index >= 15 is 0 Å². The van der Waals surface area contributed by atoms with E-state index in [0.717, 1.165) is 19.1 Å². The summed E-state index contributed by atoms with van der Waals surface area (Å²) >= 11 is 0. The molecule has 1 amide bonds. The smallest absolute Gasteiger partial charge is 0.307 e. The van der Waals surface area contributed by atoms with Crippen molar-refractivity contribution in [3.63, 3.8) is 0 Å². The number of aryl methyl sites for hydroxylation is 1. The van der Waals surface area contributed by atoms with E-state index in [9.17, 15) is 13.2 Å². The van der Waals surface area contributed by atoms with Crippen LogP contribution in [0.5, 0.6) is 5.88 Å². The molecule has 1 heterocycles. The van der Waals surface area contributed by atoms with Crippen molar-refractivity contribution in [1.29, 1.82) is 0 Å². The Morgan fingerprint density at radius 2 is 2.28 bits per heavy atom. The van der Waals surface area contributed by atoms with Crippen LogP contribution in [-0.4, -0.2) is 36.4 Å². The normalized spacial score (nSPS) is 15.4. The Morgan fingerprint density at radius 3 is 2.78 bits per heavy atom. The maximum atomic E-state index is 11.9.